The van der Waals surface area contributed by atoms with E-state index < -0.39 is 0 Å². The van der Waals surface area contributed by atoms with Crippen LogP contribution in [-0.2, 0) is 9.59 Å². The number of fused-ring (bicyclic) bond motifs is 1. The van der Waals surface area contributed by atoms with Gasteiger partial charge in [0.2, 0.25) is 5.91 Å². The van der Waals surface area contributed by atoms with Crippen LogP contribution < -0.4 is 19.7 Å². The first kappa shape index (κ1) is 19.7. The Kier molecular flexibility index (Phi) is 6.89. The molecule has 0 radical (unpaired) electrons. The molecule has 0 aliphatic carbocycles. The summed E-state index contributed by atoms with van der Waals surface area (Å²) >= 11 is 0. The Hall–Kier alpha value is -3.02. The molecule has 1 aliphatic rings. The Labute approximate surface area is 165 Å². The number of hydrogen-bond donors (Lipinski definition) is 1. The maximum Gasteiger partial charge on any atom is 0.265 e. The largest absolute Gasteiger partial charge is 0.494 e. The SMILES string of the molecule is CCCCC(=O)Nc1ccc2c(c1)N(CCCOc1ccccc1)C(=O)CO2. The number of anilines is 2. The number of nitrogens with zero attached hydrogens (tertiary/aromatic N) is 1. The van der Waals surface area contributed by atoms with E-state index in [0.29, 0.717) is 43.1 Å². The van der Waals surface area contributed by atoms with Crippen LogP contribution in [-0.4, -0.2) is 31.6 Å². The highest BCUT2D eigenvalue weighted by molar-refractivity contribution is 5.99. The summed E-state index contributed by atoms with van der Waals surface area (Å²) in [6.07, 6.45) is 3.00. The van der Waals surface area contributed by atoms with E-state index in [9.17, 15) is 9.59 Å². The summed E-state index contributed by atoms with van der Waals surface area (Å²) in [5.41, 5.74) is 1.35. The number of carbonyl (C=O) groups is 2. The molecular weight excluding hydrogens is 356 g/mol. The van der Waals surface area contributed by atoms with Crippen molar-refractivity contribution in [3.05, 3.63) is 48.5 Å². The lowest BCUT2D eigenvalue weighted by molar-refractivity contribution is -0.121. The molecule has 1 N–H and O–H groups in total. The van der Waals surface area contributed by atoms with Gasteiger partial charge in [-0.15, -0.1) is 0 Å². The number of nitrogens with one attached hydrogen (secondary N) is 1. The normalized spacial score (nSPS) is 12.9. The predicted octanol–water partition coefficient (Wildman–Crippen LogP) is 4.01. The maximum atomic E-state index is 12.4. The molecule has 0 spiro atoms. The van der Waals surface area contributed by atoms with Gasteiger partial charge in [0.25, 0.3) is 5.91 Å². The number of benzene rings is 2. The second-order valence-electron chi connectivity index (χ2n) is 6.68. The second-order valence-corrected chi connectivity index (χ2v) is 6.68. The monoisotopic (exact) mass is 382 g/mol. The Morgan fingerprint density at radius 2 is 2.00 bits per heavy atom. The van der Waals surface area contributed by atoms with Crippen molar-refractivity contribution >= 4 is 23.2 Å². The summed E-state index contributed by atoms with van der Waals surface area (Å²) in [6, 6.07) is 15.0. The topological polar surface area (TPSA) is 67.9 Å². The molecular formula is C22H26N2O4. The zero-order valence-corrected chi connectivity index (χ0v) is 16.1. The summed E-state index contributed by atoms with van der Waals surface area (Å²) in [6.45, 7) is 3.11. The van der Waals surface area contributed by atoms with Crippen molar-refractivity contribution in [3.8, 4) is 11.5 Å². The van der Waals surface area contributed by atoms with Crippen LogP contribution in [0.5, 0.6) is 11.5 Å². The van der Waals surface area contributed by atoms with Crippen LogP contribution in [0.1, 0.15) is 32.6 Å². The zero-order valence-electron chi connectivity index (χ0n) is 16.1. The molecule has 28 heavy (non-hydrogen) atoms. The van der Waals surface area contributed by atoms with Crippen molar-refractivity contribution in [2.75, 3.05) is 30.0 Å². The molecule has 1 aliphatic heterocycles. The predicted molar refractivity (Wildman–Crippen MR) is 109 cm³/mol. The molecule has 2 aromatic rings. The molecule has 6 nitrogen and oxygen atoms in total. The third-order valence-electron chi connectivity index (χ3n) is 4.48. The van der Waals surface area contributed by atoms with Crippen molar-refractivity contribution in [3.63, 3.8) is 0 Å². The molecule has 0 bridgehead atoms. The summed E-state index contributed by atoms with van der Waals surface area (Å²) in [5, 5.41) is 2.89. The van der Waals surface area contributed by atoms with E-state index in [0.717, 1.165) is 18.6 Å². The smallest absolute Gasteiger partial charge is 0.265 e. The number of unbranched alkanes of at least 4 members (excludes halogenated alkanes) is 1. The molecule has 0 fully saturated rings. The minimum Gasteiger partial charge on any atom is -0.494 e. The van der Waals surface area contributed by atoms with Gasteiger partial charge in [-0.2, -0.15) is 0 Å². The van der Waals surface area contributed by atoms with Gasteiger partial charge in [0.05, 0.1) is 12.3 Å². The standard InChI is InChI=1S/C22H26N2O4/c1-2-3-10-21(25)23-17-11-12-20-19(15-17)24(22(26)16-28-20)13-7-14-27-18-8-5-4-6-9-18/h4-6,8-9,11-12,15H,2-3,7,10,13-14,16H2,1H3,(H,23,25). The van der Waals surface area contributed by atoms with Crippen LogP contribution in [0.25, 0.3) is 0 Å². The number of para-hydroxylation sites is 1. The molecule has 0 atom stereocenters. The zero-order chi connectivity index (χ0) is 19.8. The minimum atomic E-state index is -0.0957. The van der Waals surface area contributed by atoms with Crippen LogP contribution in [0, 0.1) is 0 Å². The Morgan fingerprint density at radius 1 is 1.18 bits per heavy atom. The summed E-state index contributed by atoms with van der Waals surface area (Å²) < 4.78 is 11.2. The number of rotatable bonds is 9. The molecule has 2 amide bonds. The fourth-order valence-electron chi connectivity index (χ4n) is 3.02. The van der Waals surface area contributed by atoms with E-state index in [1.165, 1.54) is 0 Å². The lowest BCUT2D eigenvalue weighted by Crippen LogP contribution is -2.39. The second kappa shape index (κ2) is 9.78. The maximum absolute atomic E-state index is 12.4. The van der Waals surface area contributed by atoms with Gasteiger partial charge in [-0.3, -0.25) is 9.59 Å². The average molecular weight is 382 g/mol. The number of ether oxygens (including phenoxy) is 2. The van der Waals surface area contributed by atoms with Gasteiger partial charge in [-0.05, 0) is 43.2 Å². The van der Waals surface area contributed by atoms with Crippen molar-refractivity contribution in [1.29, 1.82) is 0 Å². The fourth-order valence-corrected chi connectivity index (χ4v) is 3.02. The molecule has 148 valence electrons. The molecule has 0 aromatic heterocycles. The van der Waals surface area contributed by atoms with E-state index in [2.05, 4.69) is 12.2 Å². The van der Waals surface area contributed by atoms with Gasteiger partial charge in [0.1, 0.15) is 11.5 Å². The van der Waals surface area contributed by atoms with E-state index >= 15 is 0 Å². The fraction of sp³-hybridized carbons (Fsp3) is 0.364. The number of carbonyl (C=O) groups excluding carboxylic acids is 2. The van der Waals surface area contributed by atoms with Gasteiger partial charge < -0.3 is 19.7 Å². The summed E-state index contributed by atoms with van der Waals surface area (Å²) in [7, 11) is 0. The molecule has 3 rings (SSSR count). The van der Waals surface area contributed by atoms with E-state index in [4.69, 9.17) is 9.47 Å². The van der Waals surface area contributed by atoms with Crippen molar-refractivity contribution < 1.29 is 19.1 Å². The third-order valence-corrected chi connectivity index (χ3v) is 4.48. The lowest BCUT2D eigenvalue weighted by Gasteiger charge is -2.30. The first-order chi connectivity index (χ1) is 13.7. The van der Waals surface area contributed by atoms with Crippen molar-refractivity contribution in [2.24, 2.45) is 0 Å². The van der Waals surface area contributed by atoms with Gasteiger partial charge in [0, 0.05) is 18.7 Å². The molecule has 0 saturated carbocycles. The van der Waals surface area contributed by atoms with E-state index in [1.54, 1.807) is 23.1 Å². The quantitative estimate of drug-likeness (QED) is 0.666. The first-order valence-corrected chi connectivity index (χ1v) is 9.72. The minimum absolute atomic E-state index is 0.0207. The van der Waals surface area contributed by atoms with Gasteiger partial charge >= 0.3 is 0 Å². The molecule has 2 aromatic carbocycles. The van der Waals surface area contributed by atoms with Crippen molar-refractivity contribution in [2.45, 2.75) is 32.6 Å². The first-order valence-electron chi connectivity index (χ1n) is 9.72. The van der Waals surface area contributed by atoms with Crippen LogP contribution in [0.2, 0.25) is 0 Å². The highest BCUT2D eigenvalue weighted by Gasteiger charge is 2.25. The van der Waals surface area contributed by atoms with Crippen molar-refractivity contribution in [1.82, 2.24) is 0 Å². The Balaban J connectivity index is 1.61. The average Bonchev–Trinajstić information content (AvgIpc) is 2.71. The third kappa shape index (κ3) is 5.25. The molecule has 1 heterocycles. The molecule has 0 saturated heterocycles. The summed E-state index contributed by atoms with van der Waals surface area (Å²) in [4.78, 5) is 26.1. The van der Waals surface area contributed by atoms with E-state index in [1.807, 2.05) is 30.3 Å². The number of hydrogen-bond acceptors (Lipinski definition) is 4. The highest BCUT2D eigenvalue weighted by atomic mass is 16.5. The molecule has 0 unspecified atom stereocenters. The van der Waals surface area contributed by atoms with Crippen LogP contribution in [0.4, 0.5) is 11.4 Å². The van der Waals surface area contributed by atoms with Crippen LogP contribution in [0.15, 0.2) is 48.5 Å². The highest BCUT2D eigenvalue weighted by Crippen LogP contribution is 2.34. The van der Waals surface area contributed by atoms with Gasteiger partial charge in [-0.1, -0.05) is 31.5 Å². The van der Waals surface area contributed by atoms with Gasteiger partial charge in [0.15, 0.2) is 6.61 Å². The van der Waals surface area contributed by atoms with E-state index in [-0.39, 0.29) is 18.4 Å². The Bertz CT molecular complexity index is 807. The number of amides is 2. The summed E-state index contributed by atoms with van der Waals surface area (Å²) in [5.74, 6) is 1.35. The van der Waals surface area contributed by atoms with Crippen LogP contribution in [0.3, 0.4) is 0 Å². The molecule has 6 heteroatoms. The van der Waals surface area contributed by atoms with Gasteiger partial charge in [-0.25, -0.2) is 0 Å². The van der Waals surface area contributed by atoms with Crippen LogP contribution >= 0.6 is 0 Å². The lowest BCUT2D eigenvalue weighted by atomic mass is 10.2. The Morgan fingerprint density at radius 3 is 2.79 bits per heavy atom.